The summed E-state index contributed by atoms with van der Waals surface area (Å²) in [7, 11) is 0. The number of aliphatic carboxylic acids is 1. The smallest absolute Gasteiger partial charge is 0.326 e. The third-order valence-electron chi connectivity index (χ3n) is 5.60. The number of nitrogens with two attached hydrogens (primary N) is 1. The van der Waals surface area contributed by atoms with E-state index in [1.807, 2.05) is 26.4 Å². The van der Waals surface area contributed by atoms with Crippen LogP contribution in [-0.2, 0) is 25.6 Å². The first kappa shape index (κ1) is 30.8. The van der Waals surface area contributed by atoms with Crippen molar-refractivity contribution in [3.8, 4) is 0 Å². The Labute approximate surface area is 214 Å². The molecule has 0 fully saturated rings. The maximum absolute atomic E-state index is 13.2. The second-order valence-corrected chi connectivity index (χ2v) is 10.3. The van der Waals surface area contributed by atoms with Crippen molar-refractivity contribution >= 4 is 47.2 Å². The largest absolute Gasteiger partial charge is 0.480 e. The average Bonchev–Trinajstić information content (AvgIpc) is 3.35. The van der Waals surface area contributed by atoms with Crippen LogP contribution in [0.1, 0.15) is 38.8 Å². The first-order valence-corrected chi connectivity index (χ1v) is 14.3. The number of carboxylic acid groups (broad SMARTS) is 1. The molecular weight excluding hydrogens is 492 g/mol. The summed E-state index contributed by atoms with van der Waals surface area (Å²) in [4.78, 5) is 57.1. The summed E-state index contributed by atoms with van der Waals surface area (Å²) >= 11 is 3.07. The Kier molecular flexibility index (Phi) is 14.4. The van der Waals surface area contributed by atoms with E-state index in [1.165, 1.54) is 24.3 Å². The monoisotopic (exact) mass is 530 g/mol. The topological polar surface area (TPSA) is 179 Å². The number of aromatic nitrogens is 2. The predicted octanol–water partition coefficient (Wildman–Crippen LogP) is 0.371. The van der Waals surface area contributed by atoms with Crippen LogP contribution in [0.4, 0.5) is 0 Å². The Hall–Kier alpha value is -2.25. The summed E-state index contributed by atoms with van der Waals surface area (Å²) in [5, 5.41) is 17.5. The van der Waals surface area contributed by atoms with Gasteiger partial charge in [-0.1, -0.05) is 20.3 Å². The molecule has 3 amide bonds. The Balaban J connectivity index is 2.95. The van der Waals surface area contributed by atoms with Crippen LogP contribution < -0.4 is 21.7 Å². The Morgan fingerprint density at radius 1 is 1.03 bits per heavy atom. The molecule has 0 aliphatic heterocycles. The highest BCUT2D eigenvalue weighted by Crippen LogP contribution is 2.11. The Morgan fingerprint density at radius 2 is 1.66 bits per heavy atom. The fraction of sp³-hybridized carbons (Fsp3) is 0.682. The lowest BCUT2D eigenvalue weighted by Gasteiger charge is -2.28. The van der Waals surface area contributed by atoms with E-state index < -0.39 is 47.9 Å². The summed E-state index contributed by atoms with van der Waals surface area (Å²) in [5.41, 5.74) is 6.52. The molecule has 1 rings (SSSR count). The number of amides is 3. The van der Waals surface area contributed by atoms with Gasteiger partial charge in [0.1, 0.15) is 18.1 Å². The lowest BCUT2D eigenvalue weighted by Crippen LogP contribution is -2.58. The molecule has 5 unspecified atom stereocenters. The van der Waals surface area contributed by atoms with Crippen molar-refractivity contribution in [2.45, 2.75) is 63.7 Å². The molecule has 5 atom stereocenters. The summed E-state index contributed by atoms with van der Waals surface area (Å²) < 4.78 is 0. The first-order valence-electron chi connectivity index (χ1n) is 11.5. The van der Waals surface area contributed by atoms with Crippen LogP contribution in [0.2, 0.25) is 0 Å². The molecule has 7 N–H and O–H groups in total. The first-order chi connectivity index (χ1) is 16.6. The van der Waals surface area contributed by atoms with Crippen molar-refractivity contribution in [1.29, 1.82) is 0 Å². The summed E-state index contributed by atoms with van der Waals surface area (Å²) in [5.74, 6) is -1.66. The van der Waals surface area contributed by atoms with Gasteiger partial charge in [-0.25, -0.2) is 9.78 Å². The van der Waals surface area contributed by atoms with E-state index in [4.69, 9.17) is 5.73 Å². The molecule has 35 heavy (non-hydrogen) atoms. The van der Waals surface area contributed by atoms with Gasteiger partial charge in [-0.05, 0) is 42.8 Å². The summed E-state index contributed by atoms with van der Waals surface area (Å²) in [6.07, 6.45) is 8.11. The fourth-order valence-corrected chi connectivity index (χ4v) is 4.15. The number of H-pyrrole nitrogens is 1. The van der Waals surface area contributed by atoms with Crippen molar-refractivity contribution in [2.24, 2.45) is 11.7 Å². The van der Waals surface area contributed by atoms with Gasteiger partial charge in [0, 0.05) is 18.3 Å². The maximum atomic E-state index is 13.2. The number of carbonyl (C=O) groups is 4. The number of nitrogens with one attached hydrogen (secondary N) is 4. The molecule has 0 saturated heterocycles. The van der Waals surface area contributed by atoms with Crippen LogP contribution in [0.25, 0.3) is 0 Å². The summed E-state index contributed by atoms with van der Waals surface area (Å²) in [6.45, 7) is 3.73. The van der Waals surface area contributed by atoms with Crippen molar-refractivity contribution in [1.82, 2.24) is 25.9 Å². The lowest BCUT2D eigenvalue weighted by atomic mass is 9.97. The van der Waals surface area contributed by atoms with E-state index in [9.17, 15) is 24.3 Å². The van der Waals surface area contributed by atoms with E-state index in [-0.39, 0.29) is 12.3 Å². The van der Waals surface area contributed by atoms with Crippen molar-refractivity contribution in [2.75, 3.05) is 24.0 Å². The van der Waals surface area contributed by atoms with E-state index in [1.54, 1.807) is 11.8 Å². The van der Waals surface area contributed by atoms with E-state index in [0.29, 0.717) is 30.7 Å². The van der Waals surface area contributed by atoms with Gasteiger partial charge >= 0.3 is 5.97 Å². The minimum Gasteiger partial charge on any atom is -0.480 e. The van der Waals surface area contributed by atoms with Gasteiger partial charge in [-0.3, -0.25) is 14.4 Å². The van der Waals surface area contributed by atoms with Crippen molar-refractivity contribution in [3.63, 3.8) is 0 Å². The van der Waals surface area contributed by atoms with Gasteiger partial charge in [0.05, 0.1) is 12.4 Å². The van der Waals surface area contributed by atoms with Crippen LogP contribution in [0.5, 0.6) is 0 Å². The number of aromatic amines is 1. The third kappa shape index (κ3) is 10.9. The molecule has 13 heteroatoms. The number of carbonyl (C=O) groups excluding carboxylic acids is 3. The minimum atomic E-state index is -1.20. The normalized spacial score (nSPS) is 15.3. The Bertz CT molecular complexity index is 810. The minimum absolute atomic E-state index is 0.0176. The van der Waals surface area contributed by atoms with Gasteiger partial charge in [-0.15, -0.1) is 0 Å². The van der Waals surface area contributed by atoms with Crippen LogP contribution in [-0.4, -0.2) is 86.9 Å². The molecule has 1 aromatic heterocycles. The Morgan fingerprint density at radius 3 is 2.20 bits per heavy atom. The predicted molar refractivity (Wildman–Crippen MR) is 139 cm³/mol. The molecule has 1 aromatic rings. The molecule has 0 bridgehead atoms. The third-order valence-corrected chi connectivity index (χ3v) is 6.89. The number of thioether (sulfide) groups is 2. The zero-order valence-electron chi connectivity index (χ0n) is 20.7. The molecule has 11 nitrogen and oxygen atoms in total. The molecule has 198 valence electrons. The number of carboxylic acids is 1. The number of hydrogen-bond donors (Lipinski definition) is 6. The highest BCUT2D eigenvalue weighted by Gasteiger charge is 2.32. The highest BCUT2D eigenvalue weighted by molar-refractivity contribution is 7.98. The van der Waals surface area contributed by atoms with Gasteiger partial charge in [0.25, 0.3) is 0 Å². The van der Waals surface area contributed by atoms with Crippen LogP contribution >= 0.6 is 23.5 Å². The molecular formula is C22H38N6O5S2. The van der Waals surface area contributed by atoms with Crippen molar-refractivity contribution < 1.29 is 24.3 Å². The molecule has 0 saturated carbocycles. The number of nitrogens with zero attached hydrogens (tertiary/aromatic N) is 1. The number of rotatable bonds is 17. The molecule has 0 aliphatic rings. The second-order valence-electron chi connectivity index (χ2n) is 8.28. The zero-order chi connectivity index (χ0) is 26.4. The molecule has 0 radical (unpaired) electrons. The average molecular weight is 531 g/mol. The number of imidazole rings is 1. The van der Waals surface area contributed by atoms with E-state index in [2.05, 4.69) is 25.9 Å². The molecule has 0 aliphatic carbocycles. The van der Waals surface area contributed by atoms with Crippen LogP contribution in [0.3, 0.4) is 0 Å². The van der Waals surface area contributed by atoms with Crippen LogP contribution in [0, 0.1) is 5.92 Å². The van der Waals surface area contributed by atoms with Crippen molar-refractivity contribution in [3.05, 3.63) is 18.2 Å². The summed E-state index contributed by atoms with van der Waals surface area (Å²) in [6, 6.07) is -3.78. The highest BCUT2D eigenvalue weighted by atomic mass is 32.2. The quantitative estimate of drug-likeness (QED) is 0.166. The van der Waals surface area contributed by atoms with E-state index in [0.717, 1.165) is 5.75 Å². The lowest BCUT2D eigenvalue weighted by molar-refractivity contribution is -0.142. The van der Waals surface area contributed by atoms with Crippen LogP contribution in [0.15, 0.2) is 12.5 Å². The maximum Gasteiger partial charge on any atom is 0.326 e. The zero-order valence-corrected chi connectivity index (χ0v) is 22.3. The number of hydrogen-bond acceptors (Lipinski definition) is 8. The SMILES string of the molecule is CCC(C)C(NC(=O)C(N)CCSC)C(=O)NC(CCSC)C(=O)NC(Cc1cnc[nH]1)C(=O)O. The van der Waals surface area contributed by atoms with Gasteiger partial charge in [0.2, 0.25) is 17.7 Å². The fourth-order valence-electron chi connectivity index (χ4n) is 3.19. The standard InChI is InChI=1S/C22H38N6O5S2/c1-5-13(2)18(28-19(29)15(23)6-8-34-3)21(31)26-16(7-9-35-4)20(30)27-17(22(32)33)10-14-11-24-12-25-14/h11-13,15-18H,5-10,23H2,1-4H3,(H,24,25)(H,26,31)(H,27,30)(H,28,29)(H,32,33). The second kappa shape index (κ2) is 16.4. The molecule has 0 aromatic carbocycles. The molecule has 1 heterocycles. The van der Waals surface area contributed by atoms with E-state index >= 15 is 0 Å². The van der Waals surface area contributed by atoms with Gasteiger partial charge < -0.3 is 31.8 Å². The van der Waals surface area contributed by atoms with Gasteiger partial charge in [-0.2, -0.15) is 23.5 Å². The van der Waals surface area contributed by atoms with Gasteiger partial charge in [0.15, 0.2) is 0 Å². The molecule has 0 spiro atoms.